The van der Waals surface area contributed by atoms with Crippen LogP contribution in [0, 0.1) is 0 Å². The second-order valence-corrected chi connectivity index (χ2v) is 5.84. The highest BCUT2D eigenvalue weighted by Gasteiger charge is 2.48. The number of fused-ring (bicyclic) bond motifs is 2. The first-order valence-corrected chi connectivity index (χ1v) is 7.51. The molecule has 5 nitrogen and oxygen atoms in total. The van der Waals surface area contributed by atoms with Crippen LogP contribution in [-0.4, -0.2) is 25.2 Å². The number of carbonyl (C=O) groups excluding carboxylic acids is 2. The molecule has 2 aliphatic rings. The zero-order valence-electron chi connectivity index (χ0n) is 12.2. The Bertz CT molecular complexity index is 579. The number of nitrogens with one attached hydrogen (secondary N) is 2. The zero-order valence-corrected chi connectivity index (χ0v) is 12.2. The number of unbranched alkanes of at least 4 members (excludes halogenated alkanes) is 1. The Kier molecular flexibility index (Phi) is 3.57. The third kappa shape index (κ3) is 2.73. The molecular formula is C16H20N2O3. The summed E-state index contributed by atoms with van der Waals surface area (Å²) in [6.07, 6.45) is 3.59. The van der Waals surface area contributed by atoms with Crippen molar-refractivity contribution in [2.24, 2.45) is 0 Å². The van der Waals surface area contributed by atoms with E-state index in [1.807, 2.05) is 13.0 Å². The Balaban J connectivity index is 1.73. The molecule has 0 radical (unpaired) electrons. The largest absolute Gasteiger partial charge is 0.449 e. The maximum absolute atomic E-state index is 11.9. The van der Waals surface area contributed by atoms with Gasteiger partial charge in [0.25, 0.3) is 5.91 Å². The van der Waals surface area contributed by atoms with Crippen LogP contribution in [0.4, 0.5) is 10.5 Å². The molecule has 1 aromatic carbocycles. The number of hydrogen-bond donors (Lipinski definition) is 2. The van der Waals surface area contributed by atoms with Crippen molar-refractivity contribution in [3.05, 3.63) is 29.3 Å². The highest BCUT2D eigenvalue weighted by molar-refractivity contribution is 5.98. The summed E-state index contributed by atoms with van der Waals surface area (Å²) in [7, 11) is 0. The molecule has 1 saturated carbocycles. The molecule has 0 aromatic heterocycles. The summed E-state index contributed by atoms with van der Waals surface area (Å²) in [6, 6.07) is 5.45. The van der Waals surface area contributed by atoms with E-state index < -0.39 is 6.09 Å². The van der Waals surface area contributed by atoms with E-state index in [-0.39, 0.29) is 11.3 Å². The summed E-state index contributed by atoms with van der Waals surface area (Å²) in [5.41, 5.74) is 2.56. The van der Waals surface area contributed by atoms with Gasteiger partial charge < -0.3 is 10.1 Å². The summed E-state index contributed by atoms with van der Waals surface area (Å²) in [4.78, 5) is 23.6. The van der Waals surface area contributed by atoms with E-state index >= 15 is 0 Å². The molecule has 1 aromatic rings. The van der Waals surface area contributed by atoms with Gasteiger partial charge in [-0.3, -0.25) is 10.1 Å². The Hall–Kier alpha value is -2.04. The van der Waals surface area contributed by atoms with Gasteiger partial charge in [0.1, 0.15) is 0 Å². The minimum atomic E-state index is -0.437. The topological polar surface area (TPSA) is 67.4 Å². The first-order valence-electron chi connectivity index (χ1n) is 7.51. The molecule has 1 spiro atoms. The SMILES string of the molecule is CCCCOC(=O)Nc1ccc2c(c1)C1(CC1)CNC2=O. The molecule has 1 aliphatic carbocycles. The first kappa shape index (κ1) is 13.9. The molecule has 5 heteroatoms. The molecule has 0 unspecified atom stereocenters. The van der Waals surface area contributed by atoms with Crippen molar-refractivity contribution in [1.82, 2.24) is 5.32 Å². The van der Waals surface area contributed by atoms with E-state index in [0.717, 1.165) is 36.8 Å². The van der Waals surface area contributed by atoms with Gasteiger partial charge in [-0.2, -0.15) is 0 Å². The van der Waals surface area contributed by atoms with Gasteiger partial charge >= 0.3 is 6.09 Å². The molecule has 1 heterocycles. The molecule has 0 atom stereocenters. The minimum absolute atomic E-state index is 0.0282. The van der Waals surface area contributed by atoms with Crippen molar-refractivity contribution in [2.75, 3.05) is 18.5 Å². The van der Waals surface area contributed by atoms with Gasteiger partial charge in [-0.05, 0) is 43.0 Å². The standard InChI is InChI=1S/C16H20N2O3/c1-2-3-8-21-15(20)18-11-4-5-12-13(9-11)16(6-7-16)10-17-14(12)19/h4-5,9H,2-3,6-8,10H2,1H3,(H,17,19)(H,18,20). The van der Waals surface area contributed by atoms with Gasteiger partial charge in [0.15, 0.2) is 0 Å². The van der Waals surface area contributed by atoms with E-state index in [2.05, 4.69) is 10.6 Å². The molecule has 3 rings (SSSR count). The fourth-order valence-electron chi connectivity index (χ4n) is 2.76. The van der Waals surface area contributed by atoms with E-state index in [1.165, 1.54) is 0 Å². The number of ether oxygens (including phenoxy) is 1. The third-order valence-electron chi connectivity index (χ3n) is 4.25. The van der Waals surface area contributed by atoms with Crippen molar-refractivity contribution < 1.29 is 14.3 Å². The molecular weight excluding hydrogens is 268 g/mol. The lowest BCUT2D eigenvalue weighted by Crippen LogP contribution is -2.39. The van der Waals surface area contributed by atoms with Crippen LogP contribution in [0.2, 0.25) is 0 Å². The first-order chi connectivity index (χ1) is 10.1. The predicted molar refractivity (Wildman–Crippen MR) is 79.6 cm³/mol. The van der Waals surface area contributed by atoms with E-state index in [0.29, 0.717) is 18.8 Å². The van der Waals surface area contributed by atoms with E-state index in [9.17, 15) is 9.59 Å². The minimum Gasteiger partial charge on any atom is -0.449 e. The fraction of sp³-hybridized carbons (Fsp3) is 0.500. The monoisotopic (exact) mass is 288 g/mol. The number of amides is 2. The molecule has 112 valence electrons. The van der Waals surface area contributed by atoms with Crippen LogP contribution in [-0.2, 0) is 10.2 Å². The number of hydrogen-bond acceptors (Lipinski definition) is 3. The number of rotatable bonds is 4. The fourth-order valence-corrected chi connectivity index (χ4v) is 2.76. The summed E-state index contributed by atoms with van der Waals surface area (Å²) < 4.78 is 5.09. The van der Waals surface area contributed by atoms with Gasteiger partial charge in [-0.15, -0.1) is 0 Å². The van der Waals surface area contributed by atoms with Crippen molar-refractivity contribution in [3.8, 4) is 0 Å². The van der Waals surface area contributed by atoms with Crippen LogP contribution in [0.15, 0.2) is 18.2 Å². The zero-order chi connectivity index (χ0) is 14.9. The van der Waals surface area contributed by atoms with Crippen LogP contribution in [0.5, 0.6) is 0 Å². The molecule has 1 aliphatic heterocycles. The van der Waals surface area contributed by atoms with E-state index in [1.54, 1.807) is 12.1 Å². The Morgan fingerprint density at radius 2 is 2.24 bits per heavy atom. The van der Waals surface area contributed by atoms with Crippen molar-refractivity contribution in [1.29, 1.82) is 0 Å². The lowest BCUT2D eigenvalue weighted by atomic mass is 9.87. The normalized spacial score (nSPS) is 17.9. The van der Waals surface area contributed by atoms with Gasteiger partial charge in [0.05, 0.1) is 6.61 Å². The van der Waals surface area contributed by atoms with Crippen LogP contribution >= 0.6 is 0 Å². The average molecular weight is 288 g/mol. The van der Waals surface area contributed by atoms with Gasteiger partial charge in [-0.1, -0.05) is 13.3 Å². The highest BCUT2D eigenvalue weighted by Crippen LogP contribution is 2.50. The summed E-state index contributed by atoms with van der Waals surface area (Å²) in [5, 5.41) is 5.67. The molecule has 21 heavy (non-hydrogen) atoms. The van der Waals surface area contributed by atoms with Gasteiger partial charge in [0, 0.05) is 23.2 Å². The summed E-state index contributed by atoms with van der Waals surface area (Å²) in [5.74, 6) is -0.0282. The predicted octanol–water partition coefficient (Wildman–Crippen LogP) is 2.81. The number of carbonyl (C=O) groups is 2. The Morgan fingerprint density at radius 3 is 2.95 bits per heavy atom. The van der Waals surface area contributed by atoms with Crippen molar-refractivity contribution >= 4 is 17.7 Å². The third-order valence-corrected chi connectivity index (χ3v) is 4.25. The van der Waals surface area contributed by atoms with Crippen LogP contribution < -0.4 is 10.6 Å². The molecule has 1 fully saturated rings. The maximum Gasteiger partial charge on any atom is 0.411 e. The summed E-state index contributed by atoms with van der Waals surface area (Å²) in [6.45, 7) is 3.17. The second-order valence-electron chi connectivity index (χ2n) is 5.84. The van der Waals surface area contributed by atoms with Crippen molar-refractivity contribution in [2.45, 2.75) is 38.0 Å². The van der Waals surface area contributed by atoms with Crippen LogP contribution in [0.3, 0.4) is 0 Å². The summed E-state index contributed by atoms with van der Waals surface area (Å²) >= 11 is 0. The number of anilines is 1. The molecule has 0 saturated heterocycles. The smallest absolute Gasteiger partial charge is 0.411 e. The second kappa shape index (κ2) is 5.39. The molecule has 2 amide bonds. The Morgan fingerprint density at radius 1 is 1.43 bits per heavy atom. The molecule has 0 bridgehead atoms. The highest BCUT2D eigenvalue weighted by atomic mass is 16.5. The lowest BCUT2D eigenvalue weighted by Gasteiger charge is -2.26. The van der Waals surface area contributed by atoms with Gasteiger partial charge in [0.2, 0.25) is 0 Å². The van der Waals surface area contributed by atoms with Crippen molar-refractivity contribution in [3.63, 3.8) is 0 Å². The van der Waals surface area contributed by atoms with Crippen LogP contribution in [0.1, 0.15) is 48.5 Å². The average Bonchev–Trinajstić information content (AvgIpc) is 3.25. The molecule has 2 N–H and O–H groups in total. The van der Waals surface area contributed by atoms with Crippen LogP contribution in [0.25, 0.3) is 0 Å². The Labute approximate surface area is 124 Å². The van der Waals surface area contributed by atoms with Gasteiger partial charge in [-0.25, -0.2) is 4.79 Å². The lowest BCUT2D eigenvalue weighted by molar-refractivity contribution is 0.0937. The maximum atomic E-state index is 11.9. The quantitative estimate of drug-likeness (QED) is 0.837. The number of benzene rings is 1. The van der Waals surface area contributed by atoms with E-state index in [4.69, 9.17) is 4.74 Å².